The molecule has 1 atom stereocenters. The number of hydrogen-bond acceptors (Lipinski definition) is 5. The number of ether oxygens (including phenoxy) is 2. The molecule has 0 aromatic heterocycles. The summed E-state index contributed by atoms with van der Waals surface area (Å²) in [5.74, 6) is 0.00757. The summed E-state index contributed by atoms with van der Waals surface area (Å²) < 4.78 is 11.2. The average molecular weight is 481 g/mol. The topological polar surface area (TPSA) is 64.6 Å². The third-order valence-corrected chi connectivity index (χ3v) is 10.9. The van der Waals surface area contributed by atoms with Crippen LogP contribution in [0.3, 0.4) is 0 Å². The molecule has 3 aromatic rings. The van der Waals surface area contributed by atoms with Crippen LogP contribution in [0.25, 0.3) is 0 Å². The highest BCUT2D eigenvalue weighted by atomic mass is 32.2. The zero-order chi connectivity index (χ0) is 22.9. The van der Waals surface area contributed by atoms with Crippen LogP contribution in [0.15, 0.2) is 91.0 Å². The number of rotatable bonds is 10. The Kier molecular flexibility index (Phi) is 8.16. The molecule has 1 fully saturated rings. The summed E-state index contributed by atoms with van der Waals surface area (Å²) in [4.78, 5) is 23.3. The Balaban J connectivity index is 1.46. The molecule has 1 amide bonds. The van der Waals surface area contributed by atoms with Gasteiger partial charge in [0.1, 0.15) is 35.8 Å². The maximum atomic E-state index is 12.0. The third kappa shape index (κ3) is 5.64. The van der Waals surface area contributed by atoms with Crippen molar-refractivity contribution in [1.29, 1.82) is 0 Å². The number of nitrogens with one attached hydrogen (secondary N) is 1. The molecule has 0 spiro atoms. The standard InChI is InChI=1S/C26H26NO4PS/c28-25(24-20-33-26(29)27-24)31-17-16-30-18-19-32(21-10-4-1-5-11-21,22-12-6-2-7-13-22)23-14-8-3-9-15-23/h1-15,24H,16-20H2/p+1/t24-/m0/s1. The second-order valence-corrected chi connectivity index (χ2v) is 12.2. The first kappa shape index (κ1) is 23.5. The van der Waals surface area contributed by atoms with E-state index in [1.54, 1.807) is 0 Å². The van der Waals surface area contributed by atoms with E-state index in [2.05, 4.69) is 78.1 Å². The normalized spacial score (nSPS) is 15.8. The van der Waals surface area contributed by atoms with E-state index in [-0.39, 0.29) is 11.8 Å². The quantitative estimate of drug-likeness (QED) is 0.274. The molecule has 7 heteroatoms. The van der Waals surface area contributed by atoms with E-state index >= 15 is 0 Å². The van der Waals surface area contributed by atoms with Crippen molar-refractivity contribution < 1.29 is 19.1 Å². The van der Waals surface area contributed by atoms with Crippen molar-refractivity contribution in [1.82, 2.24) is 5.32 Å². The van der Waals surface area contributed by atoms with Gasteiger partial charge < -0.3 is 14.8 Å². The van der Waals surface area contributed by atoms with Crippen molar-refractivity contribution in [3.63, 3.8) is 0 Å². The minimum atomic E-state index is -1.93. The highest BCUT2D eigenvalue weighted by Gasteiger charge is 2.44. The summed E-state index contributed by atoms with van der Waals surface area (Å²) in [6, 6.07) is 31.4. The Morgan fingerprint density at radius 3 is 1.79 bits per heavy atom. The second kappa shape index (κ2) is 11.5. The molecule has 33 heavy (non-hydrogen) atoms. The smallest absolute Gasteiger partial charge is 0.329 e. The summed E-state index contributed by atoms with van der Waals surface area (Å²) in [5.41, 5.74) is 0. The van der Waals surface area contributed by atoms with Gasteiger partial charge in [0.2, 0.25) is 0 Å². The van der Waals surface area contributed by atoms with E-state index < -0.39 is 19.3 Å². The number of amides is 1. The highest BCUT2D eigenvalue weighted by Crippen LogP contribution is 2.54. The first-order valence-electron chi connectivity index (χ1n) is 10.9. The van der Waals surface area contributed by atoms with Crippen molar-refractivity contribution >= 4 is 46.1 Å². The van der Waals surface area contributed by atoms with Crippen LogP contribution in [-0.2, 0) is 14.3 Å². The molecule has 1 N–H and O–H groups in total. The number of hydrogen-bond donors (Lipinski definition) is 1. The molecule has 0 unspecified atom stereocenters. The lowest BCUT2D eigenvalue weighted by Crippen LogP contribution is -2.36. The highest BCUT2D eigenvalue weighted by molar-refractivity contribution is 8.14. The molecule has 1 aliphatic rings. The molecule has 0 bridgehead atoms. The summed E-state index contributed by atoms with van der Waals surface area (Å²) in [7, 11) is -1.93. The Hall–Kier alpha value is -2.66. The van der Waals surface area contributed by atoms with Gasteiger partial charge in [-0.05, 0) is 36.4 Å². The Morgan fingerprint density at radius 1 is 0.818 bits per heavy atom. The summed E-state index contributed by atoms with van der Waals surface area (Å²) >= 11 is 1.10. The van der Waals surface area contributed by atoms with Crippen molar-refractivity contribution in [3.05, 3.63) is 91.0 Å². The number of benzene rings is 3. The molecule has 1 saturated heterocycles. The van der Waals surface area contributed by atoms with Crippen molar-refractivity contribution in [2.24, 2.45) is 0 Å². The summed E-state index contributed by atoms with van der Waals surface area (Å²) in [6.45, 7) is 1.03. The molecule has 4 rings (SSSR count). The summed E-state index contributed by atoms with van der Waals surface area (Å²) in [5, 5.41) is 6.35. The fraction of sp³-hybridized carbons (Fsp3) is 0.231. The fourth-order valence-corrected chi connectivity index (χ4v) is 8.88. The SMILES string of the molecule is O=C1N[C@H](C(=O)OCCOCC[P+](c2ccccc2)(c2ccccc2)c2ccccc2)CS1. The lowest BCUT2D eigenvalue weighted by molar-refractivity contribution is -0.146. The average Bonchev–Trinajstić information content (AvgIpc) is 3.32. The van der Waals surface area contributed by atoms with Crippen LogP contribution < -0.4 is 21.2 Å². The zero-order valence-electron chi connectivity index (χ0n) is 18.3. The van der Waals surface area contributed by atoms with Crippen LogP contribution in [0, 0.1) is 0 Å². The largest absolute Gasteiger partial charge is 0.462 e. The van der Waals surface area contributed by atoms with Gasteiger partial charge in [-0.25, -0.2) is 4.79 Å². The van der Waals surface area contributed by atoms with E-state index in [0.29, 0.717) is 19.0 Å². The Labute approximate surface area is 199 Å². The molecular formula is C26H27NO4PS+. The second-order valence-electron chi connectivity index (χ2n) is 7.62. The molecular weight excluding hydrogens is 453 g/mol. The molecule has 170 valence electrons. The molecule has 0 saturated carbocycles. The lowest BCUT2D eigenvalue weighted by atomic mass is 10.3. The third-order valence-electron chi connectivity index (χ3n) is 5.59. The minimum absolute atomic E-state index is 0.170. The zero-order valence-corrected chi connectivity index (χ0v) is 20.0. The minimum Gasteiger partial charge on any atom is -0.462 e. The Bertz CT molecular complexity index is 953. The van der Waals surface area contributed by atoms with Gasteiger partial charge in [-0.15, -0.1) is 0 Å². The van der Waals surface area contributed by atoms with Gasteiger partial charge >= 0.3 is 5.97 Å². The molecule has 0 radical (unpaired) electrons. The van der Waals surface area contributed by atoms with E-state index in [1.807, 2.05) is 18.2 Å². The molecule has 0 aliphatic carbocycles. The van der Waals surface area contributed by atoms with Gasteiger partial charge in [0.05, 0.1) is 19.4 Å². The van der Waals surface area contributed by atoms with Crippen LogP contribution in [0.1, 0.15) is 0 Å². The maximum absolute atomic E-state index is 12.0. The van der Waals surface area contributed by atoms with E-state index in [9.17, 15) is 9.59 Å². The first-order valence-corrected chi connectivity index (χ1v) is 13.9. The molecule has 1 aliphatic heterocycles. The Morgan fingerprint density at radius 2 is 1.33 bits per heavy atom. The predicted molar refractivity (Wildman–Crippen MR) is 137 cm³/mol. The lowest BCUT2D eigenvalue weighted by Gasteiger charge is -2.27. The van der Waals surface area contributed by atoms with Gasteiger partial charge in [-0.2, -0.15) is 0 Å². The van der Waals surface area contributed by atoms with Crippen molar-refractivity contribution in [2.45, 2.75) is 6.04 Å². The van der Waals surface area contributed by atoms with Gasteiger partial charge in [0, 0.05) is 5.75 Å². The number of carbonyl (C=O) groups is 2. The van der Waals surface area contributed by atoms with Gasteiger partial charge in [-0.1, -0.05) is 66.4 Å². The monoisotopic (exact) mass is 480 g/mol. The molecule has 1 heterocycles. The van der Waals surface area contributed by atoms with Crippen LogP contribution >= 0.6 is 19.0 Å². The van der Waals surface area contributed by atoms with Crippen molar-refractivity contribution in [3.8, 4) is 0 Å². The maximum Gasteiger partial charge on any atom is 0.329 e. The summed E-state index contributed by atoms with van der Waals surface area (Å²) in [6.07, 6.45) is 0.842. The van der Waals surface area contributed by atoms with Crippen LogP contribution in [0.2, 0.25) is 0 Å². The number of esters is 1. The van der Waals surface area contributed by atoms with E-state index in [4.69, 9.17) is 9.47 Å². The van der Waals surface area contributed by atoms with E-state index in [0.717, 1.165) is 17.9 Å². The fourth-order valence-electron chi connectivity index (χ4n) is 4.00. The van der Waals surface area contributed by atoms with Gasteiger partial charge in [0.15, 0.2) is 0 Å². The van der Waals surface area contributed by atoms with Crippen LogP contribution in [-0.4, -0.2) is 49.0 Å². The predicted octanol–water partition coefficient (Wildman–Crippen LogP) is 3.37. The number of carbonyl (C=O) groups excluding carboxylic acids is 2. The first-order chi connectivity index (χ1) is 16.2. The van der Waals surface area contributed by atoms with E-state index in [1.165, 1.54) is 15.9 Å². The van der Waals surface area contributed by atoms with Gasteiger partial charge in [-0.3, -0.25) is 4.79 Å². The number of thioether (sulfide) groups is 1. The van der Waals surface area contributed by atoms with Crippen LogP contribution in [0.5, 0.6) is 0 Å². The molecule has 5 nitrogen and oxygen atoms in total. The molecule has 3 aromatic carbocycles. The van der Waals surface area contributed by atoms with Gasteiger partial charge in [0.25, 0.3) is 5.24 Å². The van der Waals surface area contributed by atoms with Crippen molar-refractivity contribution in [2.75, 3.05) is 31.7 Å². The van der Waals surface area contributed by atoms with Crippen LogP contribution in [0.4, 0.5) is 4.79 Å².